The number of anilines is 1. The Balaban J connectivity index is 1.82. The second-order valence-corrected chi connectivity index (χ2v) is 9.40. The van der Waals surface area contributed by atoms with Crippen molar-refractivity contribution in [1.82, 2.24) is 5.43 Å². The molecule has 0 spiro atoms. The van der Waals surface area contributed by atoms with Crippen LogP contribution in [0.4, 0.5) is 5.69 Å². The monoisotopic (exact) mass is 505 g/mol. The van der Waals surface area contributed by atoms with E-state index in [4.69, 9.17) is 27.9 Å². The number of carbonyl (C=O) groups excluding carboxylic acids is 1. The van der Waals surface area contributed by atoms with Crippen molar-refractivity contribution in [2.45, 2.75) is 11.8 Å². The summed E-state index contributed by atoms with van der Waals surface area (Å²) in [6, 6.07) is 19.2. The second kappa shape index (κ2) is 11.2. The van der Waals surface area contributed by atoms with Gasteiger partial charge in [-0.3, -0.25) is 9.10 Å². The molecule has 1 amide bonds. The predicted molar refractivity (Wildman–Crippen MR) is 131 cm³/mol. The molecule has 7 nitrogen and oxygen atoms in total. The van der Waals surface area contributed by atoms with Crippen LogP contribution in [0.25, 0.3) is 0 Å². The van der Waals surface area contributed by atoms with Gasteiger partial charge in [-0.25, -0.2) is 13.8 Å². The Hall–Kier alpha value is -3.07. The van der Waals surface area contributed by atoms with E-state index >= 15 is 0 Å². The van der Waals surface area contributed by atoms with Crippen LogP contribution < -0.4 is 14.5 Å². The van der Waals surface area contributed by atoms with E-state index in [2.05, 4.69) is 10.5 Å². The van der Waals surface area contributed by atoms with E-state index in [9.17, 15) is 13.2 Å². The zero-order chi connectivity index (χ0) is 23.8. The van der Waals surface area contributed by atoms with E-state index in [0.29, 0.717) is 33.7 Å². The number of hydrazone groups is 1. The van der Waals surface area contributed by atoms with Crippen LogP contribution in [0.2, 0.25) is 10.0 Å². The number of carbonyl (C=O) groups is 1. The number of nitrogens with one attached hydrogen (secondary N) is 1. The molecule has 0 fully saturated rings. The van der Waals surface area contributed by atoms with Gasteiger partial charge in [0.1, 0.15) is 12.3 Å². The first kappa shape index (κ1) is 24.6. The lowest BCUT2D eigenvalue weighted by Crippen LogP contribution is -2.39. The number of nitrogens with zero attached hydrogens (tertiary/aromatic N) is 2. The average molecular weight is 506 g/mol. The lowest BCUT2D eigenvalue weighted by atomic mass is 10.2. The number of benzene rings is 3. The summed E-state index contributed by atoms with van der Waals surface area (Å²) in [5, 5.41) is 4.63. The lowest BCUT2D eigenvalue weighted by Gasteiger charge is -2.24. The van der Waals surface area contributed by atoms with Gasteiger partial charge in [-0.15, -0.1) is 0 Å². The Labute approximate surface area is 202 Å². The smallest absolute Gasteiger partial charge is 0.264 e. The van der Waals surface area contributed by atoms with Gasteiger partial charge in [0.15, 0.2) is 0 Å². The molecule has 0 radical (unpaired) electrons. The van der Waals surface area contributed by atoms with Crippen molar-refractivity contribution >= 4 is 51.0 Å². The largest absolute Gasteiger partial charge is 0.494 e. The zero-order valence-electron chi connectivity index (χ0n) is 17.6. The van der Waals surface area contributed by atoms with E-state index < -0.39 is 22.5 Å². The highest BCUT2D eigenvalue weighted by Gasteiger charge is 2.27. The minimum absolute atomic E-state index is 0.0611. The molecule has 10 heteroatoms. The molecule has 0 bridgehead atoms. The number of sulfonamides is 1. The molecule has 1 N–H and O–H groups in total. The Morgan fingerprint density at radius 1 is 1.03 bits per heavy atom. The van der Waals surface area contributed by atoms with Crippen LogP contribution in [0.15, 0.2) is 82.8 Å². The SMILES string of the molecule is CCOc1ccc(N(CC(=O)N/N=C/c2ccc(Cl)c(Cl)c2)S(=O)(=O)c2ccccc2)cc1. The highest BCUT2D eigenvalue weighted by molar-refractivity contribution is 7.92. The van der Waals surface area contributed by atoms with E-state index in [-0.39, 0.29) is 4.90 Å². The summed E-state index contributed by atoms with van der Waals surface area (Å²) in [5.74, 6) is -0.0336. The van der Waals surface area contributed by atoms with Crippen LogP contribution in [0.5, 0.6) is 5.75 Å². The van der Waals surface area contributed by atoms with Gasteiger partial charge in [0, 0.05) is 0 Å². The topological polar surface area (TPSA) is 88.1 Å². The molecule has 0 heterocycles. The van der Waals surface area contributed by atoms with E-state index in [0.717, 1.165) is 4.31 Å². The maximum absolute atomic E-state index is 13.3. The maximum atomic E-state index is 13.3. The maximum Gasteiger partial charge on any atom is 0.264 e. The third kappa shape index (κ3) is 6.47. The van der Waals surface area contributed by atoms with Gasteiger partial charge in [-0.1, -0.05) is 47.5 Å². The lowest BCUT2D eigenvalue weighted by molar-refractivity contribution is -0.119. The summed E-state index contributed by atoms with van der Waals surface area (Å²) in [7, 11) is -4.01. The highest BCUT2D eigenvalue weighted by atomic mass is 35.5. The summed E-state index contributed by atoms with van der Waals surface area (Å²) in [4.78, 5) is 12.6. The normalized spacial score (nSPS) is 11.4. The van der Waals surface area contributed by atoms with Crippen molar-refractivity contribution in [2.75, 3.05) is 17.5 Å². The number of rotatable bonds is 9. The summed E-state index contributed by atoms with van der Waals surface area (Å²) in [6.45, 7) is 1.84. The molecule has 172 valence electrons. The molecular weight excluding hydrogens is 485 g/mol. The van der Waals surface area contributed by atoms with Crippen molar-refractivity contribution in [3.05, 3.63) is 88.4 Å². The first-order chi connectivity index (χ1) is 15.8. The second-order valence-electron chi connectivity index (χ2n) is 6.72. The number of ether oxygens (including phenoxy) is 1. The number of hydrogen-bond donors (Lipinski definition) is 1. The van der Waals surface area contributed by atoms with Gasteiger partial charge >= 0.3 is 0 Å². The Morgan fingerprint density at radius 2 is 1.73 bits per heavy atom. The predicted octanol–water partition coefficient (Wildman–Crippen LogP) is 4.74. The quantitative estimate of drug-likeness (QED) is 0.336. The van der Waals surface area contributed by atoms with Crippen LogP contribution >= 0.6 is 23.2 Å². The third-order valence-corrected chi connectivity index (χ3v) is 6.93. The fraction of sp³-hybridized carbons (Fsp3) is 0.130. The number of amides is 1. The van der Waals surface area contributed by atoms with Crippen LogP contribution in [-0.4, -0.2) is 33.7 Å². The molecule has 0 aliphatic carbocycles. The number of hydrogen-bond acceptors (Lipinski definition) is 5. The Bertz CT molecular complexity index is 1230. The Kier molecular flexibility index (Phi) is 8.32. The van der Waals surface area contributed by atoms with Crippen molar-refractivity contribution in [2.24, 2.45) is 5.10 Å². The van der Waals surface area contributed by atoms with Gasteiger partial charge in [0.25, 0.3) is 15.9 Å². The number of halogens is 2. The van der Waals surface area contributed by atoms with Crippen molar-refractivity contribution in [3.8, 4) is 5.75 Å². The van der Waals surface area contributed by atoms with E-state index in [1.54, 1.807) is 60.7 Å². The van der Waals surface area contributed by atoms with Crippen molar-refractivity contribution < 1.29 is 17.9 Å². The minimum atomic E-state index is -4.01. The molecule has 0 aromatic heterocycles. The van der Waals surface area contributed by atoms with Crippen LogP contribution in [0.3, 0.4) is 0 Å². The molecular formula is C23H21Cl2N3O4S. The summed E-state index contributed by atoms with van der Waals surface area (Å²) in [5.41, 5.74) is 3.27. The molecule has 0 aliphatic rings. The first-order valence-corrected chi connectivity index (χ1v) is 12.1. The van der Waals surface area contributed by atoms with Crippen molar-refractivity contribution in [1.29, 1.82) is 0 Å². The molecule has 0 saturated carbocycles. The third-order valence-electron chi connectivity index (χ3n) is 4.40. The van der Waals surface area contributed by atoms with Gasteiger partial charge < -0.3 is 4.74 Å². The fourth-order valence-electron chi connectivity index (χ4n) is 2.85. The molecule has 0 saturated heterocycles. The molecule has 33 heavy (non-hydrogen) atoms. The van der Waals surface area contributed by atoms with Crippen LogP contribution in [-0.2, 0) is 14.8 Å². The molecule has 0 aliphatic heterocycles. The highest BCUT2D eigenvalue weighted by Crippen LogP contribution is 2.26. The molecule has 3 aromatic rings. The van der Waals surface area contributed by atoms with Crippen LogP contribution in [0, 0.1) is 0 Å². The fourth-order valence-corrected chi connectivity index (χ4v) is 4.60. The average Bonchev–Trinajstić information content (AvgIpc) is 2.81. The van der Waals surface area contributed by atoms with Gasteiger partial charge in [-0.2, -0.15) is 5.10 Å². The van der Waals surface area contributed by atoms with Gasteiger partial charge in [0.2, 0.25) is 0 Å². The Morgan fingerprint density at radius 3 is 2.36 bits per heavy atom. The summed E-state index contributed by atoms with van der Waals surface area (Å²) in [6.07, 6.45) is 1.38. The van der Waals surface area contributed by atoms with E-state index in [1.165, 1.54) is 18.3 Å². The summed E-state index contributed by atoms with van der Waals surface area (Å²) >= 11 is 11.9. The van der Waals surface area contributed by atoms with Crippen molar-refractivity contribution in [3.63, 3.8) is 0 Å². The molecule has 3 rings (SSSR count). The van der Waals surface area contributed by atoms with Crippen LogP contribution in [0.1, 0.15) is 12.5 Å². The minimum Gasteiger partial charge on any atom is -0.494 e. The molecule has 3 aromatic carbocycles. The van der Waals surface area contributed by atoms with Gasteiger partial charge in [0.05, 0.1) is 33.4 Å². The molecule has 0 unspecified atom stereocenters. The van der Waals surface area contributed by atoms with E-state index in [1.807, 2.05) is 6.92 Å². The standard InChI is InChI=1S/C23H21Cl2N3O4S/c1-2-32-19-11-9-18(10-12-19)28(33(30,31)20-6-4-3-5-7-20)16-23(29)27-26-15-17-8-13-21(24)22(25)14-17/h3-15H,2,16H2,1H3,(H,27,29)/b26-15+. The summed E-state index contributed by atoms with van der Waals surface area (Å²) < 4.78 is 33.0. The van der Waals surface area contributed by atoms with Gasteiger partial charge in [-0.05, 0) is 61.0 Å². The zero-order valence-corrected chi connectivity index (χ0v) is 19.9. The first-order valence-electron chi connectivity index (χ1n) is 9.89. The molecule has 0 atom stereocenters.